The van der Waals surface area contributed by atoms with Crippen molar-refractivity contribution >= 4 is 34.4 Å². The van der Waals surface area contributed by atoms with Crippen molar-refractivity contribution in [2.45, 2.75) is 31.8 Å². The third-order valence-corrected chi connectivity index (χ3v) is 9.44. The molecule has 0 bridgehead atoms. The van der Waals surface area contributed by atoms with Gasteiger partial charge in [-0.3, -0.25) is 4.90 Å². The Morgan fingerprint density at radius 1 is 1.07 bits per heavy atom. The number of likely N-dealkylation sites (N-methyl/N-ethyl adjacent to an activating group) is 1. The molecule has 228 valence electrons. The summed E-state index contributed by atoms with van der Waals surface area (Å²) in [5.74, 6) is -3.20. The Labute approximate surface area is 254 Å². The molecule has 6 rings (SSSR count). The van der Waals surface area contributed by atoms with Crippen molar-refractivity contribution < 1.29 is 19.0 Å². The topological polar surface area (TPSA) is 92.9 Å². The molecule has 2 aromatic carbocycles. The van der Waals surface area contributed by atoms with Crippen molar-refractivity contribution in [3.8, 4) is 5.69 Å². The van der Waals surface area contributed by atoms with E-state index in [9.17, 15) is 10.2 Å². The SMILES string of the molecule is Cc1ccc(Nc2ncc3ccn(-c4cc(F)c(C(O)(O)N5CCSCC5)c(F)c4)c3n2)cc1CN1CCC(N(C)C)C1. The summed E-state index contributed by atoms with van der Waals surface area (Å²) >= 11 is 1.65. The van der Waals surface area contributed by atoms with Crippen molar-refractivity contribution in [1.82, 2.24) is 29.2 Å². The Balaban J connectivity index is 1.25. The van der Waals surface area contributed by atoms with Gasteiger partial charge in [0, 0.05) is 73.7 Å². The lowest BCUT2D eigenvalue weighted by molar-refractivity contribution is -0.276. The van der Waals surface area contributed by atoms with Crippen LogP contribution in [0.3, 0.4) is 0 Å². The largest absolute Gasteiger partial charge is 0.349 e. The second-order valence-corrected chi connectivity index (χ2v) is 12.8. The maximum absolute atomic E-state index is 15.3. The first-order chi connectivity index (χ1) is 20.6. The van der Waals surface area contributed by atoms with Crippen LogP contribution < -0.4 is 5.32 Å². The van der Waals surface area contributed by atoms with Gasteiger partial charge in [-0.15, -0.1) is 0 Å². The molecular weight excluding hydrogens is 572 g/mol. The molecule has 0 radical (unpaired) electrons. The molecule has 4 heterocycles. The average molecular weight is 610 g/mol. The summed E-state index contributed by atoms with van der Waals surface area (Å²) in [5, 5.41) is 25.5. The molecule has 3 N–H and O–H groups in total. The maximum atomic E-state index is 15.3. The summed E-state index contributed by atoms with van der Waals surface area (Å²) in [6.07, 6.45) is 4.47. The molecule has 1 unspecified atom stereocenters. The highest BCUT2D eigenvalue weighted by Crippen LogP contribution is 2.32. The van der Waals surface area contributed by atoms with E-state index >= 15 is 8.78 Å². The highest BCUT2D eigenvalue weighted by Gasteiger charge is 2.40. The second-order valence-electron chi connectivity index (χ2n) is 11.6. The van der Waals surface area contributed by atoms with Crippen LogP contribution in [0.15, 0.2) is 48.8 Å². The van der Waals surface area contributed by atoms with E-state index in [1.54, 1.807) is 34.8 Å². The van der Waals surface area contributed by atoms with Gasteiger partial charge in [-0.25, -0.2) is 18.7 Å². The number of aromatic nitrogens is 3. The number of anilines is 2. The third kappa shape index (κ3) is 6.13. The number of thioether (sulfide) groups is 1. The second kappa shape index (κ2) is 12.1. The van der Waals surface area contributed by atoms with Crippen LogP contribution in [0.5, 0.6) is 0 Å². The Morgan fingerprint density at radius 3 is 2.51 bits per heavy atom. The number of aliphatic hydroxyl groups is 2. The highest BCUT2D eigenvalue weighted by molar-refractivity contribution is 7.99. The molecule has 12 heteroatoms. The summed E-state index contributed by atoms with van der Waals surface area (Å²) < 4.78 is 32.2. The quantitative estimate of drug-likeness (QED) is 0.256. The van der Waals surface area contributed by atoms with Crippen LogP contribution in [0.1, 0.15) is 23.1 Å². The van der Waals surface area contributed by atoms with Gasteiger partial charge in [-0.2, -0.15) is 16.7 Å². The van der Waals surface area contributed by atoms with Crippen molar-refractivity contribution in [1.29, 1.82) is 0 Å². The molecule has 4 aromatic rings. The molecule has 2 aromatic heterocycles. The number of hydrogen-bond acceptors (Lipinski definition) is 9. The average Bonchev–Trinajstić information content (AvgIpc) is 3.62. The molecule has 2 saturated heterocycles. The number of nitrogens with zero attached hydrogens (tertiary/aromatic N) is 6. The van der Waals surface area contributed by atoms with Crippen LogP contribution in [-0.2, 0) is 12.5 Å². The number of halogens is 2. The van der Waals surface area contributed by atoms with E-state index in [2.05, 4.69) is 58.2 Å². The van der Waals surface area contributed by atoms with E-state index < -0.39 is 23.1 Å². The minimum atomic E-state index is -2.75. The van der Waals surface area contributed by atoms with Crippen molar-refractivity contribution in [3.05, 3.63) is 77.1 Å². The van der Waals surface area contributed by atoms with Crippen LogP contribution in [-0.4, -0.2) is 97.3 Å². The Hall–Kier alpha value is -3.13. The minimum Gasteiger partial charge on any atom is -0.349 e. The zero-order chi connectivity index (χ0) is 30.3. The van der Waals surface area contributed by atoms with Crippen molar-refractivity contribution in [2.75, 3.05) is 57.1 Å². The summed E-state index contributed by atoms with van der Waals surface area (Å²) in [5.41, 5.74) is 3.13. The Kier molecular flexibility index (Phi) is 8.42. The van der Waals surface area contributed by atoms with Crippen LogP contribution in [0.4, 0.5) is 20.4 Å². The molecule has 0 saturated carbocycles. The fraction of sp³-hybridized carbons (Fsp3) is 0.419. The Morgan fingerprint density at radius 2 is 1.81 bits per heavy atom. The molecule has 43 heavy (non-hydrogen) atoms. The molecule has 9 nitrogen and oxygen atoms in total. The normalized spacial score (nSPS) is 18.7. The van der Waals surface area contributed by atoms with Crippen LogP contribution in [0.2, 0.25) is 0 Å². The minimum absolute atomic E-state index is 0.169. The molecular formula is C31H37F2N7O2S. The summed E-state index contributed by atoms with van der Waals surface area (Å²) in [6, 6.07) is 10.7. The van der Waals surface area contributed by atoms with E-state index in [-0.39, 0.29) is 5.69 Å². The van der Waals surface area contributed by atoms with Gasteiger partial charge in [0.25, 0.3) is 5.91 Å². The van der Waals surface area contributed by atoms with Gasteiger partial charge in [-0.1, -0.05) is 6.07 Å². The van der Waals surface area contributed by atoms with E-state index in [0.29, 0.717) is 47.6 Å². The number of rotatable bonds is 8. The van der Waals surface area contributed by atoms with Gasteiger partial charge < -0.3 is 25.0 Å². The zero-order valence-corrected chi connectivity index (χ0v) is 25.4. The first-order valence-corrected chi connectivity index (χ1v) is 15.6. The number of hydrogen-bond donors (Lipinski definition) is 3. The number of likely N-dealkylation sites (tertiary alicyclic amines) is 1. The summed E-state index contributed by atoms with van der Waals surface area (Å²) in [6.45, 7) is 5.70. The predicted molar refractivity (Wildman–Crippen MR) is 166 cm³/mol. The number of benzene rings is 2. The zero-order valence-electron chi connectivity index (χ0n) is 24.6. The van der Waals surface area contributed by atoms with E-state index in [1.807, 2.05) is 6.07 Å². The molecule has 1 atom stereocenters. The van der Waals surface area contributed by atoms with Gasteiger partial charge in [0.15, 0.2) is 0 Å². The fourth-order valence-electron chi connectivity index (χ4n) is 5.91. The fourth-order valence-corrected chi connectivity index (χ4v) is 6.81. The van der Waals surface area contributed by atoms with Gasteiger partial charge >= 0.3 is 0 Å². The Bertz CT molecular complexity index is 1600. The van der Waals surface area contributed by atoms with Crippen LogP contribution >= 0.6 is 11.8 Å². The lowest BCUT2D eigenvalue weighted by atomic mass is 10.1. The van der Waals surface area contributed by atoms with Crippen molar-refractivity contribution in [2.24, 2.45) is 0 Å². The van der Waals surface area contributed by atoms with E-state index in [0.717, 1.165) is 43.9 Å². The number of fused-ring (bicyclic) bond motifs is 1. The molecule has 0 spiro atoms. The predicted octanol–water partition coefficient (Wildman–Crippen LogP) is 4.03. The first kappa shape index (κ1) is 29.9. The van der Waals surface area contributed by atoms with Gasteiger partial charge in [-0.05, 0) is 68.9 Å². The van der Waals surface area contributed by atoms with Crippen LogP contribution in [0.25, 0.3) is 16.7 Å². The van der Waals surface area contributed by atoms with E-state index in [1.165, 1.54) is 16.0 Å². The van der Waals surface area contributed by atoms with Gasteiger partial charge in [0.1, 0.15) is 17.3 Å². The molecule has 2 aliphatic heterocycles. The molecule has 2 aliphatic rings. The van der Waals surface area contributed by atoms with Crippen molar-refractivity contribution in [3.63, 3.8) is 0 Å². The highest BCUT2D eigenvalue weighted by atomic mass is 32.2. The molecule has 0 amide bonds. The first-order valence-electron chi connectivity index (χ1n) is 14.5. The molecule has 2 fully saturated rings. The molecule has 0 aliphatic carbocycles. The number of nitrogens with one attached hydrogen (secondary N) is 1. The third-order valence-electron chi connectivity index (χ3n) is 8.50. The van der Waals surface area contributed by atoms with E-state index in [4.69, 9.17) is 0 Å². The van der Waals surface area contributed by atoms with Gasteiger partial charge in [0.2, 0.25) is 5.95 Å². The standard InChI is InChI=1S/C31H37F2N7O2S/c1-20-4-5-23(14-22(20)18-38-8-7-24(19-38)37(2)3)35-30-34-17-21-6-9-40(29(21)36-30)25-15-26(32)28(27(33)16-25)31(41,42)39-10-12-43-13-11-39/h4-6,9,14-17,24,41-42H,7-8,10-13,18-19H2,1-3H3,(H,34,35,36). The lowest BCUT2D eigenvalue weighted by Gasteiger charge is -2.37. The summed E-state index contributed by atoms with van der Waals surface area (Å²) in [4.78, 5) is 15.2. The summed E-state index contributed by atoms with van der Waals surface area (Å²) in [7, 11) is 4.26. The number of aryl methyl sites for hydroxylation is 1. The smallest absolute Gasteiger partial charge is 0.259 e. The van der Waals surface area contributed by atoms with Gasteiger partial charge in [0.05, 0.1) is 11.3 Å². The van der Waals surface area contributed by atoms with Crippen LogP contribution in [0, 0.1) is 18.6 Å². The maximum Gasteiger partial charge on any atom is 0.259 e. The lowest BCUT2D eigenvalue weighted by Crippen LogP contribution is -2.51. The monoisotopic (exact) mass is 609 g/mol.